The highest BCUT2D eigenvalue weighted by molar-refractivity contribution is 14.0. The SMILES string of the molecule is CCN1CCC(CCNC(=NC)N2CC(CCN3CCCC3=O)c3ccccc32)CC1.I. The van der Waals surface area contributed by atoms with Crippen molar-refractivity contribution in [2.75, 3.05) is 57.8 Å². The fourth-order valence-electron chi connectivity index (χ4n) is 5.47. The van der Waals surface area contributed by atoms with Gasteiger partial charge < -0.3 is 20.0 Å². The second-order valence-corrected chi connectivity index (χ2v) is 9.28. The van der Waals surface area contributed by atoms with E-state index in [0.29, 0.717) is 11.8 Å². The highest BCUT2D eigenvalue weighted by Gasteiger charge is 2.32. The van der Waals surface area contributed by atoms with Crippen molar-refractivity contribution in [1.29, 1.82) is 0 Å². The van der Waals surface area contributed by atoms with Gasteiger partial charge in [-0.2, -0.15) is 0 Å². The van der Waals surface area contributed by atoms with Crippen LogP contribution >= 0.6 is 24.0 Å². The van der Waals surface area contributed by atoms with Crippen LogP contribution in [0, 0.1) is 5.92 Å². The van der Waals surface area contributed by atoms with Crippen LogP contribution in [0.1, 0.15) is 56.9 Å². The van der Waals surface area contributed by atoms with E-state index in [9.17, 15) is 4.79 Å². The van der Waals surface area contributed by atoms with Gasteiger partial charge in [-0.1, -0.05) is 25.1 Å². The zero-order valence-corrected chi connectivity index (χ0v) is 22.1. The third kappa shape index (κ3) is 5.95. The van der Waals surface area contributed by atoms with Crippen molar-refractivity contribution in [2.45, 2.75) is 51.4 Å². The molecule has 0 radical (unpaired) electrons. The van der Waals surface area contributed by atoms with Gasteiger partial charge in [0, 0.05) is 51.3 Å². The van der Waals surface area contributed by atoms with Gasteiger partial charge in [-0.25, -0.2) is 0 Å². The second kappa shape index (κ2) is 12.2. The number of anilines is 1. The van der Waals surface area contributed by atoms with E-state index < -0.39 is 0 Å². The number of hydrogen-bond acceptors (Lipinski definition) is 3. The van der Waals surface area contributed by atoms with Gasteiger partial charge in [0.05, 0.1) is 0 Å². The molecule has 178 valence electrons. The molecule has 32 heavy (non-hydrogen) atoms. The number of piperidine rings is 1. The summed E-state index contributed by atoms with van der Waals surface area (Å²) in [6.45, 7) is 9.65. The summed E-state index contributed by atoms with van der Waals surface area (Å²) >= 11 is 0. The number of nitrogens with zero attached hydrogens (tertiary/aromatic N) is 4. The number of para-hydroxylation sites is 1. The van der Waals surface area contributed by atoms with Crippen LogP contribution in [0.3, 0.4) is 0 Å². The molecule has 6 nitrogen and oxygen atoms in total. The molecule has 0 aromatic heterocycles. The Morgan fingerprint density at radius 3 is 2.62 bits per heavy atom. The van der Waals surface area contributed by atoms with Gasteiger partial charge >= 0.3 is 0 Å². The van der Waals surface area contributed by atoms with E-state index in [0.717, 1.165) is 57.3 Å². The molecule has 3 aliphatic rings. The Morgan fingerprint density at radius 1 is 1.16 bits per heavy atom. The number of carbonyl (C=O) groups excluding carboxylic acids is 1. The highest BCUT2D eigenvalue weighted by Crippen LogP contribution is 2.38. The topological polar surface area (TPSA) is 51.2 Å². The standard InChI is InChI=1S/C25H39N5O.HI/c1-3-28-16-11-20(12-17-28)10-14-27-25(26-2)30-19-21(22-7-4-5-8-23(22)30)13-18-29-15-6-9-24(29)31;/h4-5,7-8,20-21H,3,6,9-19H2,1-2H3,(H,26,27);1H. The van der Waals surface area contributed by atoms with Gasteiger partial charge in [0.1, 0.15) is 0 Å². The normalized spacial score (nSPS) is 22.2. The van der Waals surface area contributed by atoms with Gasteiger partial charge in [-0.15, -0.1) is 24.0 Å². The van der Waals surface area contributed by atoms with Crippen LogP contribution in [0.5, 0.6) is 0 Å². The zero-order chi connectivity index (χ0) is 21.6. The van der Waals surface area contributed by atoms with Gasteiger partial charge in [0.15, 0.2) is 5.96 Å². The number of nitrogens with one attached hydrogen (secondary N) is 1. The molecular formula is C25H40IN5O. The van der Waals surface area contributed by atoms with Gasteiger partial charge in [0.2, 0.25) is 5.91 Å². The van der Waals surface area contributed by atoms with E-state index in [1.54, 1.807) is 0 Å². The minimum Gasteiger partial charge on any atom is -0.356 e. The Kier molecular flexibility index (Phi) is 9.64. The largest absolute Gasteiger partial charge is 0.356 e. The first kappa shape index (κ1) is 25.3. The summed E-state index contributed by atoms with van der Waals surface area (Å²) in [6, 6.07) is 8.71. The molecule has 1 unspecified atom stereocenters. The number of hydrogen-bond donors (Lipinski definition) is 1. The van der Waals surface area contributed by atoms with Crippen molar-refractivity contribution in [2.24, 2.45) is 10.9 Å². The maximum absolute atomic E-state index is 12.0. The average Bonchev–Trinajstić information content (AvgIpc) is 3.39. The van der Waals surface area contributed by atoms with Crippen LogP contribution in [0.15, 0.2) is 29.3 Å². The molecule has 0 aliphatic carbocycles. The summed E-state index contributed by atoms with van der Waals surface area (Å²) in [5, 5.41) is 3.65. The fourth-order valence-corrected chi connectivity index (χ4v) is 5.47. The van der Waals surface area contributed by atoms with E-state index in [1.807, 2.05) is 11.9 Å². The fraction of sp³-hybridized carbons (Fsp3) is 0.680. The summed E-state index contributed by atoms with van der Waals surface area (Å²) in [4.78, 5) is 23.6. The summed E-state index contributed by atoms with van der Waals surface area (Å²) in [6.07, 6.45) is 6.61. The lowest BCUT2D eigenvalue weighted by Gasteiger charge is -2.31. The first-order valence-corrected chi connectivity index (χ1v) is 12.3. The number of amides is 1. The van der Waals surface area contributed by atoms with E-state index in [1.165, 1.54) is 50.1 Å². The molecule has 1 amide bonds. The predicted molar refractivity (Wildman–Crippen MR) is 143 cm³/mol. The highest BCUT2D eigenvalue weighted by atomic mass is 127. The lowest BCUT2D eigenvalue weighted by molar-refractivity contribution is -0.127. The van der Waals surface area contributed by atoms with Crippen LogP contribution in [-0.4, -0.2) is 74.5 Å². The molecule has 1 aromatic carbocycles. The van der Waals surface area contributed by atoms with E-state index >= 15 is 0 Å². The quantitative estimate of drug-likeness (QED) is 0.316. The number of aliphatic imine (C=N–C) groups is 1. The molecular weight excluding hydrogens is 513 g/mol. The molecule has 4 rings (SSSR count). The van der Waals surface area contributed by atoms with Gasteiger partial charge in [-0.05, 0) is 69.3 Å². The van der Waals surface area contributed by atoms with E-state index in [-0.39, 0.29) is 24.0 Å². The molecule has 1 N–H and O–H groups in total. The summed E-state index contributed by atoms with van der Waals surface area (Å²) < 4.78 is 0. The van der Waals surface area contributed by atoms with Crippen molar-refractivity contribution in [3.8, 4) is 0 Å². The molecule has 0 bridgehead atoms. The molecule has 2 saturated heterocycles. The molecule has 2 fully saturated rings. The first-order chi connectivity index (χ1) is 15.2. The average molecular weight is 554 g/mol. The van der Waals surface area contributed by atoms with Crippen LogP contribution in [0.25, 0.3) is 0 Å². The predicted octanol–water partition coefficient (Wildman–Crippen LogP) is 3.92. The number of carbonyl (C=O) groups is 1. The van der Waals surface area contributed by atoms with Crippen LogP contribution < -0.4 is 10.2 Å². The Bertz CT molecular complexity index is 777. The maximum Gasteiger partial charge on any atom is 0.222 e. The van der Waals surface area contributed by atoms with Gasteiger partial charge in [0.25, 0.3) is 0 Å². The first-order valence-electron chi connectivity index (χ1n) is 12.3. The summed E-state index contributed by atoms with van der Waals surface area (Å²) in [5.74, 6) is 2.58. The number of guanidine groups is 1. The molecule has 1 aromatic rings. The third-order valence-electron chi connectivity index (χ3n) is 7.45. The molecule has 0 saturated carbocycles. The van der Waals surface area contributed by atoms with Gasteiger partial charge in [-0.3, -0.25) is 9.79 Å². The molecule has 3 aliphatic heterocycles. The lowest BCUT2D eigenvalue weighted by atomic mass is 9.93. The van der Waals surface area contributed by atoms with Crippen molar-refractivity contribution in [1.82, 2.24) is 15.1 Å². The monoisotopic (exact) mass is 553 g/mol. The second-order valence-electron chi connectivity index (χ2n) is 9.28. The van der Waals surface area contributed by atoms with Crippen LogP contribution in [-0.2, 0) is 4.79 Å². The van der Waals surface area contributed by atoms with Crippen LogP contribution in [0.4, 0.5) is 5.69 Å². The zero-order valence-electron chi connectivity index (χ0n) is 19.8. The van der Waals surface area contributed by atoms with Crippen molar-refractivity contribution >= 4 is 41.5 Å². The Hall–Kier alpha value is -1.35. The minimum atomic E-state index is 0. The minimum absolute atomic E-state index is 0. The smallest absolute Gasteiger partial charge is 0.222 e. The molecule has 0 spiro atoms. The van der Waals surface area contributed by atoms with E-state index in [4.69, 9.17) is 0 Å². The molecule has 1 atom stereocenters. The van der Waals surface area contributed by atoms with Crippen molar-refractivity contribution in [3.63, 3.8) is 0 Å². The Balaban J connectivity index is 0.00000289. The molecule has 7 heteroatoms. The number of fused-ring (bicyclic) bond motifs is 1. The van der Waals surface area contributed by atoms with E-state index in [2.05, 4.69) is 51.3 Å². The maximum atomic E-state index is 12.0. The lowest BCUT2D eigenvalue weighted by Crippen LogP contribution is -2.42. The number of halogens is 1. The van der Waals surface area contributed by atoms with Crippen molar-refractivity contribution < 1.29 is 4.79 Å². The summed E-state index contributed by atoms with van der Waals surface area (Å²) in [5.41, 5.74) is 2.66. The van der Waals surface area contributed by atoms with Crippen molar-refractivity contribution in [3.05, 3.63) is 29.8 Å². The van der Waals surface area contributed by atoms with Crippen LogP contribution in [0.2, 0.25) is 0 Å². The molecule has 3 heterocycles. The number of likely N-dealkylation sites (tertiary alicyclic amines) is 2. The summed E-state index contributed by atoms with van der Waals surface area (Å²) in [7, 11) is 1.89. The number of benzene rings is 1. The Morgan fingerprint density at radius 2 is 1.94 bits per heavy atom. The third-order valence-corrected chi connectivity index (χ3v) is 7.45. The number of rotatable bonds is 7. The Labute approximate surface area is 210 Å².